The van der Waals surface area contributed by atoms with E-state index >= 15 is 0 Å². The first-order valence-corrected chi connectivity index (χ1v) is 8.88. The average molecular weight is 350 g/mol. The highest BCUT2D eigenvalue weighted by Gasteiger charge is 2.12. The minimum Gasteiger partial charge on any atom is -0.491 e. The SMILES string of the molecule is C=C(S/C(C)=C\C)c1cc(OC[C@H](O)CCCC)cc(C(=O)O)c1. The van der Waals surface area contributed by atoms with Crippen molar-refractivity contribution < 1.29 is 19.7 Å². The Morgan fingerprint density at radius 2 is 2.04 bits per heavy atom. The molecule has 0 unspecified atom stereocenters. The molecule has 0 amide bonds. The number of aliphatic hydroxyl groups excluding tert-OH is 1. The molecule has 24 heavy (non-hydrogen) atoms. The van der Waals surface area contributed by atoms with Gasteiger partial charge in [0.05, 0.1) is 11.7 Å². The van der Waals surface area contributed by atoms with Crippen LogP contribution in [0.25, 0.3) is 4.91 Å². The summed E-state index contributed by atoms with van der Waals surface area (Å²) in [7, 11) is 0. The molecule has 4 nitrogen and oxygen atoms in total. The molecule has 0 aliphatic carbocycles. The van der Waals surface area contributed by atoms with E-state index in [0.717, 1.165) is 22.7 Å². The Morgan fingerprint density at radius 1 is 1.38 bits per heavy atom. The highest BCUT2D eigenvalue weighted by Crippen LogP contribution is 2.34. The molecule has 0 fully saturated rings. The molecule has 0 heterocycles. The second kappa shape index (κ2) is 10.2. The Kier molecular flexibility index (Phi) is 8.65. The molecule has 1 aromatic carbocycles. The number of aromatic carboxylic acids is 1. The molecule has 5 heteroatoms. The van der Waals surface area contributed by atoms with Crippen LogP contribution in [0.5, 0.6) is 5.75 Å². The summed E-state index contributed by atoms with van der Waals surface area (Å²) < 4.78 is 5.60. The largest absolute Gasteiger partial charge is 0.491 e. The number of carbonyl (C=O) groups is 1. The molecule has 132 valence electrons. The fourth-order valence-corrected chi connectivity index (χ4v) is 2.74. The van der Waals surface area contributed by atoms with Gasteiger partial charge in [-0.3, -0.25) is 0 Å². The molecule has 0 saturated carbocycles. The quantitative estimate of drug-likeness (QED) is 0.625. The van der Waals surface area contributed by atoms with Gasteiger partial charge in [0.2, 0.25) is 0 Å². The third kappa shape index (κ3) is 6.81. The van der Waals surface area contributed by atoms with Gasteiger partial charge in [-0.2, -0.15) is 0 Å². The number of carboxylic acid groups (broad SMARTS) is 1. The number of rotatable bonds is 10. The minimum absolute atomic E-state index is 0.144. The number of carboxylic acids is 1. The number of allylic oxidation sites excluding steroid dienone is 2. The van der Waals surface area contributed by atoms with Crippen molar-refractivity contribution >= 4 is 22.6 Å². The summed E-state index contributed by atoms with van der Waals surface area (Å²) in [5, 5.41) is 19.2. The van der Waals surface area contributed by atoms with Gasteiger partial charge in [0, 0.05) is 4.91 Å². The van der Waals surface area contributed by atoms with E-state index in [2.05, 4.69) is 13.5 Å². The Hall–Kier alpha value is -1.72. The summed E-state index contributed by atoms with van der Waals surface area (Å²) in [6.07, 6.45) is 4.03. The lowest BCUT2D eigenvalue weighted by molar-refractivity contribution is 0.0695. The van der Waals surface area contributed by atoms with Crippen LogP contribution in [-0.2, 0) is 0 Å². The monoisotopic (exact) mass is 350 g/mol. The summed E-state index contributed by atoms with van der Waals surface area (Å²) in [6, 6.07) is 4.82. The Balaban J connectivity index is 2.92. The fourth-order valence-electron chi connectivity index (χ4n) is 1.99. The number of hydrogen-bond acceptors (Lipinski definition) is 4. The van der Waals surface area contributed by atoms with Crippen LogP contribution in [0.2, 0.25) is 0 Å². The highest BCUT2D eigenvalue weighted by molar-refractivity contribution is 8.11. The van der Waals surface area contributed by atoms with Crippen LogP contribution in [0.15, 0.2) is 35.8 Å². The normalized spacial score (nSPS) is 12.8. The third-order valence-corrected chi connectivity index (χ3v) is 4.54. The first kappa shape index (κ1) is 20.3. The lowest BCUT2D eigenvalue weighted by atomic mass is 10.1. The molecule has 1 rings (SSSR count). The van der Waals surface area contributed by atoms with Crippen molar-refractivity contribution in [1.29, 1.82) is 0 Å². The van der Waals surface area contributed by atoms with E-state index in [-0.39, 0.29) is 12.2 Å². The second-order valence-corrected chi connectivity index (χ2v) is 6.92. The van der Waals surface area contributed by atoms with E-state index in [1.165, 1.54) is 17.8 Å². The zero-order valence-electron chi connectivity index (χ0n) is 14.5. The molecule has 0 saturated heterocycles. The van der Waals surface area contributed by atoms with Crippen molar-refractivity contribution in [1.82, 2.24) is 0 Å². The molecule has 1 aromatic rings. The van der Waals surface area contributed by atoms with Crippen LogP contribution in [0, 0.1) is 0 Å². The number of thioether (sulfide) groups is 1. The van der Waals surface area contributed by atoms with Gasteiger partial charge in [-0.05, 0) is 48.9 Å². The van der Waals surface area contributed by atoms with Gasteiger partial charge in [-0.15, -0.1) is 0 Å². The molecule has 0 aromatic heterocycles. The van der Waals surface area contributed by atoms with Crippen molar-refractivity contribution in [3.8, 4) is 5.75 Å². The van der Waals surface area contributed by atoms with Gasteiger partial charge >= 0.3 is 5.97 Å². The van der Waals surface area contributed by atoms with Crippen LogP contribution in [0.4, 0.5) is 0 Å². The molecule has 0 aliphatic rings. The van der Waals surface area contributed by atoms with Crippen molar-refractivity contribution in [2.45, 2.75) is 46.1 Å². The van der Waals surface area contributed by atoms with Crippen LogP contribution in [-0.4, -0.2) is 28.9 Å². The van der Waals surface area contributed by atoms with Gasteiger partial charge < -0.3 is 14.9 Å². The van der Waals surface area contributed by atoms with Crippen molar-refractivity contribution in [2.75, 3.05) is 6.61 Å². The van der Waals surface area contributed by atoms with E-state index in [1.807, 2.05) is 19.9 Å². The van der Waals surface area contributed by atoms with Gasteiger partial charge in [-0.1, -0.05) is 44.2 Å². The van der Waals surface area contributed by atoms with Crippen LogP contribution < -0.4 is 4.74 Å². The molecule has 0 bridgehead atoms. The molecule has 2 N–H and O–H groups in total. The maximum Gasteiger partial charge on any atom is 0.335 e. The van der Waals surface area contributed by atoms with E-state index in [0.29, 0.717) is 17.7 Å². The van der Waals surface area contributed by atoms with Crippen LogP contribution >= 0.6 is 11.8 Å². The molecule has 0 aliphatic heterocycles. The van der Waals surface area contributed by atoms with E-state index < -0.39 is 12.1 Å². The van der Waals surface area contributed by atoms with E-state index in [1.54, 1.807) is 12.1 Å². The van der Waals surface area contributed by atoms with Gasteiger partial charge in [0.1, 0.15) is 12.4 Å². The fraction of sp³-hybridized carbons (Fsp3) is 0.421. The Labute approximate surface area is 148 Å². The lowest BCUT2D eigenvalue weighted by Crippen LogP contribution is -2.17. The van der Waals surface area contributed by atoms with E-state index in [4.69, 9.17) is 4.74 Å². The number of aliphatic hydroxyl groups is 1. The van der Waals surface area contributed by atoms with Crippen LogP contribution in [0.1, 0.15) is 56.0 Å². The first-order chi connectivity index (χ1) is 11.4. The maximum absolute atomic E-state index is 11.3. The second-order valence-electron chi connectivity index (χ2n) is 5.58. The molecular formula is C19H26O4S. The van der Waals surface area contributed by atoms with Gasteiger partial charge in [0.15, 0.2) is 0 Å². The molecule has 1 atom stereocenters. The van der Waals surface area contributed by atoms with Crippen molar-refractivity contribution in [3.05, 3.63) is 46.9 Å². The Bertz CT molecular complexity index is 607. The number of hydrogen-bond donors (Lipinski definition) is 2. The minimum atomic E-state index is -1.02. The third-order valence-electron chi connectivity index (χ3n) is 3.50. The topological polar surface area (TPSA) is 66.8 Å². The first-order valence-electron chi connectivity index (χ1n) is 8.06. The van der Waals surface area contributed by atoms with E-state index in [9.17, 15) is 15.0 Å². The number of unbranched alkanes of at least 4 members (excludes halogenated alkanes) is 1. The predicted octanol–water partition coefficient (Wildman–Crippen LogP) is 4.94. The zero-order chi connectivity index (χ0) is 18.1. The number of benzene rings is 1. The van der Waals surface area contributed by atoms with Crippen molar-refractivity contribution in [3.63, 3.8) is 0 Å². The van der Waals surface area contributed by atoms with Gasteiger partial charge in [0.25, 0.3) is 0 Å². The standard InChI is InChI=1S/C19H26O4S/c1-5-7-8-17(20)12-23-18-10-15(9-16(11-18)19(21)22)14(4)24-13(3)6-2/h6,9-11,17,20H,4-5,7-8,12H2,1-3H3,(H,21,22)/b13-6-/t17-/m1/s1. The maximum atomic E-state index is 11.3. The summed E-state index contributed by atoms with van der Waals surface area (Å²) in [4.78, 5) is 13.2. The summed E-state index contributed by atoms with van der Waals surface area (Å²) in [5.74, 6) is -0.589. The lowest BCUT2D eigenvalue weighted by Gasteiger charge is -2.14. The molecular weight excluding hydrogens is 324 g/mol. The molecule has 0 spiro atoms. The zero-order valence-corrected chi connectivity index (χ0v) is 15.4. The molecule has 0 radical (unpaired) electrons. The smallest absolute Gasteiger partial charge is 0.335 e. The summed E-state index contributed by atoms with van der Waals surface area (Å²) >= 11 is 1.49. The number of ether oxygens (including phenoxy) is 1. The summed E-state index contributed by atoms with van der Waals surface area (Å²) in [5.41, 5.74) is 0.851. The summed E-state index contributed by atoms with van der Waals surface area (Å²) in [6.45, 7) is 10.1. The Morgan fingerprint density at radius 3 is 2.62 bits per heavy atom. The van der Waals surface area contributed by atoms with Crippen LogP contribution in [0.3, 0.4) is 0 Å². The van der Waals surface area contributed by atoms with Crippen molar-refractivity contribution in [2.24, 2.45) is 0 Å². The highest BCUT2D eigenvalue weighted by atomic mass is 32.2. The van der Waals surface area contributed by atoms with Gasteiger partial charge in [-0.25, -0.2) is 4.79 Å². The predicted molar refractivity (Wildman–Crippen MR) is 100 cm³/mol. The average Bonchev–Trinajstić information content (AvgIpc) is 2.57.